The van der Waals surface area contributed by atoms with Gasteiger partial charge in [0.1, 0.15) is 11.5 Å². The molecule has 1 aliphatic carbocycles. The Kier molecular flexibility index (Phi) is 8.61. The number of carbonyl (C=O) groups is 2. The van der Waals surface area contributed by atoms with Gasteiger partial charge in [-0.2, -0.15) is 0 Å². The second kappa shape index (κ2) is 13.0. The molecule has 9 nitrogen and oxygen atoms in total. The molecule has 6 aliphatic rings. The van der Waals surface area contributed by atoms with Gasteiger partial charge >= 0.3 is 11.9 Å². The van der Waals surface area contributed by atoms with Crippen LogP contribution in [0.5, 0.6) is 0 Å². The summed E-state index contributed by atoms with van der Waals surface area (Å²) in [5, 5.41) is 15.1. The van der Waals surface area contributed by atoms with Crippen molar-refractivity contribution in [3.05, 3.63) is 139 Å². The molecule has 51 heavy (non-hydrogen) atoms. The minimum absolute atomic E-state index is 0.183. The molecule has 0 radical (unpaired) electrons. The molecule has 1 aromatic carbocycles. The summed E-state index contributed by atoms with van der Waals surface area (Å²) in [7, 11) is 1.38. The Labute approximate surface area is 298 Å². The van der Waals surface area contributed by atoms with Crippen molar-refractivity contribution in [2.45, 2.75) is 67.2 Å². The minimum Gasteiger partial charge on any atom is -0.511 e. The van der Waals surface area contributed by atoms with Gasteiger partial charge in [-0.15, -0.1) is 0 Å². The van der Waals surface area contributed by atoms with E-state index in [0.717, 1.165) is 73.8 Å². The fraction of sp³-hybridized carbons (Fsp3) is 0.310. The van der Waals surface area contributed by atoms with Crippen LogP contribution in [0.3, 0.4) is 0 Å². The van der Waals surface area contributed by atoms with Gasteiger partial charge in [0.15, 0.2) is 5.76 Å². The first kappa shape index (κ1) is 33.9. The number of aliphatic hydroxyl groups excluding tert-OH is 1. The van der Waals surface area contributed by atoms with Crippen LogP contribution >= 0.6 is 0 Å². The highest BCUT2D eigenvalue weighted by Gasteiger charge is 2.43. The maximum Gasteiger partial charge on any atom is 0.343 e. The lowest BCUT2D eigenvalue weighted by Gasteiger charge is -2.18. The van der Waals surface area contributed by atoms with Crippen LogP contribution < -0.4 is 5.32 Å². The third-order valence-electron chi connectivity index (χ3n) is 10.7. The van der Waals surface area contributed by atoms with E-state index in [1.54, 1.807) is 18.2 Å². The summed E-state index contributed by atoms with van der Waals surface area (Å²) in [6, 6.07) is 7.29. The van der Waals surface area contributed by atoms with E-state index in [-0.39, 0.29) is 36.4 Å². The highest BCUT2D eigenvalue weighted by molar-refractivity contribution is 6.21. The normalized spacial score (nSPS) is 22.4. The van der Waals surface area contributed by atoms with Gasteiger partial charge in [0.05, 0.1) is 46.9 Å². The molecular weight excluding hydrogens is 640 g/mol. The Hall–Kier alpha value is -5.57. The van der Waals surface area contributed by atoms with E-state index in [4.69, 9.17) is 24.5 Å². The lowest BCUT2D eigenvalue weighted by atomic mass is 9.86. The van der Waals surface area contributed by atoms with Crippen LogP contribution in [0, 0.1) is 18.8 Å². The Morgan fingerprint density at radius 2 is 1.80 bits per heavy atom. The van der Waals surface area contributed by atoms with Gasteiger partial charge < -0.3 is 19.9 Å². The van der Waals surface area contributed by atoms with E-state index in [0.29, 0.717) is 40.6 Å². The van der Waals surface area contributed by atoms with E-state index in [9.17, 15) is 14.7 Å². The molecule has 5 heterocycles. The maximum atomic E-state index is 13.9. The third-order valence-corrected chi connectivity index (χ3v) is 10.7. The zero-order valence-corrected chi connectivity index (χ0v) is 30.2. The molecule has 2 atom stereocenters. The number of methoxy groups -OCH3 is 1. The van der Waals surface area contributed by atoms with Crippen molar-refractivity contribution < 1.29 is 24.2 Å². The summed E-state index contributed by atoms with van der Waals surface area (Å²) in [6.07, 6.45) is 7.44. The number of esters is 2. The standard InChI is InChI=1S/C42H42N4O5/c1-9-26-21(4)30-18-33-27(10-2)22(5)37(45-33)41(51-42(49)25-13-11-12-20(3)16-25)38-23(6)28(14-15-35(48)50-8)39(46-38)29-17-34(47)36-24(7)31(44-40(29)36)19-32(26)43-30/h10-13,16,18-19,23,28,46-47H,2,9,14-15,17H2,1,3-8H3/t23-,28-/m0/s1. The summed E-state index contributed by atoms with van der Waals surface area (Å²) >= 11 is 0. The SMILES string of the molecule is C=CC1=C(C)C2=NC1=CC1=NC(=CC3=C(C)C4=C(O)CC(=C5NC(=C2OC(=O)c2cccc(C)c2)[C@@H](C)[C@@H]5CCC(=O)OC)C4=N3)C(CC)=C1C. The number of ether oxygens (including phenoxy) is 2. The van der Waals surface area contributed by atoms with Crippen molar-refractivity contribution in [1.29, 1.82) is 0 Å². The van der Waals surface area contributed by atoms with Crippen LogP contribution in [0.4, 0.5) is 0 Å². The predicted octanol–water partition coefficient (Wildman–Crippen LogP) is 8.29. The number of allylic oxidation sites excluding steroid dienone is 11. The zero-order chi connectivity index (χ0) is 36.3. The molecular formula is C42H42N4O5. The van der Waals surface area contributed by atoms with Gasteiger partial charge in [-0.05, 0) is 87.1 Å². The van der Waals surface area contributed by atoms with Gasteiger partial charge in [-0.1, -0.05) is 44.2 Å². The highest BCUT2D eigenvalue weighted by Crippen LogP contribution is 2.47. The molecule has 0 saturated carbocycles. The first-order valence-corrected chi connectivity index (χ1v) is 17.4. The first-order chi connectivity index (χ1) is 24.4. The molecule has 0 aromatic heterocycles. The second-order valence-electron chi connectivity index (χ2n) is 13.7. The number of aliphatic hydroxyl groups is 1. The van der Waals surface area contributed by atoms with E-state index >= 15 is 0 Å². The fourth-order valence-corrected chi connectivity index (χ4v) is 7.90. The fourth-order valence-electron chi connectivity index (χ4n) is 7.90. The van der Waals surface area contributed by atoms with Crippen LogP contribution in [0.25, 0.3) is 0 Å². The third kappa shape index (κ3) is 5.61. The number of hydrogen-bond donors (Lipinski definition) is 2. The Bertz CT molecular complexity index is 2210. The number of benzene rings is 1. The van der Waals surface area contributed by atoms with Crippen LogP contribution in [0.2, 0.25) is 0 Å². The summed E-state index contributed by atoms with van der Waals surface area (Å²) in [4.78, 5) is 41.8. The van der Waals surface area contributed by atoms with Crippen molar-refractivity contribution in [2.24, 2.45) is 26.8 Å². The number of nitrogens with one attached hydrogen (secondary N) is 1. The largest absolute Gasteiger partial charge is 0.511 e. The van der Waals surface area contributed by atoms with Crippen molar-refractivity contribution in [3.8, 4) is 0 Å². The molecule has 0 unspecified atom stereocenters. The van der Waals surface area contributed by atoms with E-state index in [2.05, 4.69) is 32.7 Å². The first-order valence-electron chi connectivity index (χ1n) is 17.4. The molecule has 9 heteroatoms. The predicted molar refractivity (Wildman–Crippen MR) is 199 cm³/mol. The summed E-state index contributed by atoms with van der Waals surface area (Å²) in [5.41, 5.74) is 13.3. The summed E-state index contributed by atoms with van der Waals surface area (Å²) in [6.45, 7) is 16.2. The van der Waals surface area contributed by atoms with Gasteiger partial charge in [-0.3, -0.25) is 4.79 Å². The number of nitrogens with zero attached hydrogens (tertiary/aromatic N) is 3. The van der Waals surface area contributed by atoms with E-state index < -0.39 is 5.97 Å². The number of carbonyl (C=O) groups excluding carboxylic acids is 2. The molecule has 2 N–H and O–H groups in total. The number of aliphatic imine (C=N–C) groups is 3. The van der Waals surface area contributed by atoms with Crippen LogP contribution in [-0.2, 0) is 14.3 Å². The Balaban J connectivity index is 1.51. The zero-order valence-electron chi connectivity index (χ0n) is 30.2. The average molecular weight is 683 g/mol. The van der Waals surface area contributed by atoms with Gasteiger partial charge in [0, 0.05) is 47.1 Å². The van der Waals surface area contributed by atoms with Gasteiger partial charge in [0.25, 0.3) is 0 Å². The smallest absolute Gasteiger partial charge is 0.343 e. The molecule has 7 rings (SSSR count). The Morgan fingerprint density at radius 1 is 1.02 bits per heavy atom. The molecule has 1 fully saturated rings. The van der Waals surface area contributed by atoms with Crippen molar-refractivity contribution in [2.75, 3.05) is 7.11 Å². The van der Waals surface area contributed by atoms with E-state index in [1.165, 1.54) is 7.11 Å². The van der Waals surface area contributed by atoms with Crippen LogP contribution in [-0.4, -0.2) is 41.3 Å². The molecule has 1 saturated heterocycles. The number of hydrogen-bond acceptors (Lipinski definition) is 9. The maximum absolute atomic E-state index is 13.9. The molecule has 0 amide bonds. The molecule has 1 aromatic rings. The number of rotatable bonds is 7. The summed E-state index contributed by atoms with van der Waals surface area (Å²) < 4.78 is 11.4. The summed E-state index contributed by atoms with van der Waals surface area (Å²) in [5.74, 6) is -0.748. The van der Waals surface area contributed by atoms with Gasteiger partial charge in [0.2, 0.25) is 0 Å². The van der Waals surface area contributed by atoms with Crippen molar-refractivity contribution in [3.63, 3.8) is 0 Å². The lowest BCUT2D eigenvalue weighted by Crippen LogP contribution is -2.20. The monoisotopic (exact) mass is 682 g/mol. The minimum atomic E-state index is -0.515. The number of aryl methyl sites for hydroxylation is 1. The quantitative estimate of drug-likeness (QED) is 0.279. The highest BCUT2D eigenvalue weighted by atomic mass is 16.5. The molecule has 8 bridgehead atoms. The topological polar surface area (TPSA) is 122 Å². The van der Waals surface area contributed by atoms with Crippen molar-refractivity contribution >= 4 is 29.1 Å². The molecule has 5 aliphatic heterocycles. The molecule has 0 spiro atoms. The van der Waals surface area contributed by atoms with Crippen LogP contribution in [0.1, 0.15) is 76.2 Å². The van der Waals surface area contributed by atoms with Crippen molar-refractivity contribution in [1.82, 2.24) is 5.32 Å². The lowest BCUT2D eigenvalue weighted by molar-refractivity contribution is -0.140. The average Bonchev–Trinajstić information content (AvgIpc) is 3.87. The Morgan fingerprint density at radius 3 is 2.51 bits per heavy atom. The molecule has 260 valence electrons. The number of fused-ring (bicyclic) bond motifs is 5. The van der Waals surface area contributed by atoms with Gasteiger partial charge in [-0.25, -0.2) is 19.8 Å². The second-order valence-corrected chi connectivity index (χ2v) is 13.7. The van der Waals surface area contributed by atoms with E-state index in [1.807, 2.05) is 45.1 Å². The van der Waals surface area contributed by atoms with Crippen LogP contribution in [0.15, 0.2) is 143 Å².